The van der Waals surface area contributed by atoms with Gasteiger partial charge in [-0.15, -0.1) is 6.42 Å². The molecule has 0 radical (unpaired) electrons. The molecule has 17 aromatic carbocycles. The molecule has 0 N–H and O–H groups in total. The van der Waals surface area contributed by atoms with Gasteiger partial charge in [-0.1, -0.05) is 192 Å². The van der Waals surface area contributed by atoms with Gasteiger partial charge in [0.1, 0.15) is 0 Å². The maximum absolute atomic E-state index is 6.20. The minimum atomic E-state index is 0.274. The number of aromatic nitrogens is 3. The molecule has 1 fully saturated rings. The summed E-state index contributed by atoms with van der Waals surface area (Å²) in [6.45, 7) is 7.03. The van der Waals surface area contributed by atoms with Crippen molar-refractivity contribution in [2.75, 3.05) is 0 Å². The normalized spacial score (nSPS) is 14.1. The summed E-state index contributed by atoms with van der Waals surface area (Å²) in [5.41, 5.74) is 22.9. The van der Waals surface area contributed by atoms with E-state index >= 15 is 0 Å². The largest absolute Gasteiger partial charge is 0.308 e. The maximum Gasteiger partial charge on any atom is 0.0621 e. The Kier molecular flexibility index (Phi) is 11.7. The van der Waals surface area contributed by atoms with E-state index in [1.807, 2.05) is 0 Å². The molecular weight excluding hydrogens is 1270 g/mol. The van der Waals surface area contributed by atoms with Crippen LogP contribution in [0.1, 0.15) is 98.4 Å². The first-order valence-electron chi connectivity index (χ1n) is 38.0. The summed E-state index contributed by atoms with van der Waals surface area (Å²) >= 11 is 0. The van der Waals surface area contributed by atoms with Gasteiger partial charge in [0.15, 0.2) is 0 Å². The first kappa shape index (κ1) is 58.1. The van der Waals surface area contributed by atoms with Crippen molar-refractivity contribution in [1.82, 2.24) is 13.2 Å². The number of nitrogens with zero attached hydrogens (tertiary/aromatic N) is 3. The molecule has 23 aromatic rings. The van der Waals surface area contributed by atoms with Crippen LogP contribution in [0.2, 0.25) is 0 Å². The highest BCUT2D eigenvalue weighted by atomic mass is 14.9. The lowest BCUT2D eigenvalue weighted by atomic mass is 9.83. The van der Waals surface area contributed by atoms with Crippen LogP contribution < -0.4 is 0 Å². The van der Waals surface area contributed by atoms with Crippen molar-refractivity contribution >= 4 is 190 Å². The predicted octanol–water partition coefficient (Wildman–Crippen LogP) is 28.0. The van der Waals surface area contributed by atoms with Crippen molar-refractivity contribution < 1.29 is 0 Å². The number of rotatable bonds is 7. The Morgan fingerprint density at radius 3 is 1.29 bits per heavy atom. The SMILES string of the molecule is C#Cc1cc2c3cc4ccccc4cc3n3c4cc5ccc(-c6ccc7cc8c(cc7c6)c6cc(C7CCCCC7)cc7c9cc%10c(CC(C)c%11ccc%12cc%13c(cc%12c%11)c%11cc(-c%12cccc%14ccccc%12%14)cc%12c%14cc%15cc(C(C)C)ccc%15cc%14n%13c%12%11)cccc%10cc9n8c67)cc5cc4c(c1)c23. The van der Waals surface area contributed by atoms with Gasteiger partial charge in [0.2, 0.25) is 0 Å². The van der Waals surface area contributed by atoms with E-state index < -0.39 is 0 Å². The Hall–Kier alpha value is -12.5. The third-order valence-corrected chi connectivity index (χ3v) is 25.5. The molecule has 0 amide bonds. The van der Waals surface area contributed by atoms with E-state index in [2.05, 4.69) is 307 Å². The van der Waals surface area contributed by atoms with Crippen LogP contribution in [0.4, 0.5) is 0 Å². The molecule has 1 unspecified atom stereocenters. The summed E-state index contributed by atoms with van der Waals surface area (Å²) in [6, 6.07) is 104. The van der Waals surface area contributed by atoms with Crippen molar-refractivity contribution in [2.45, 2.75) is 77.0 Å². The van der Waals surface area contributed by atoms with Crippen molar-refractivity contribution in [3.05, 3.63) is 295 Å². The summed E-state index contributed by atoms with van der Waals surface area (Å²) in [4.78, 5) is 0. The number of fused-ring (bicyclic) bond motifs is 25. The maximum atomic E-state index is 6.20. The second-order valence-electron chi connectivity index (χ2n) is 31.6. The highest BCUT2D eigenvalue weighted by Crippen LogP contribution is 2.50. The van der Waals surface area contributed by atoms with Crippen LogP contribution in [-0.2, 0) is 6.42 Å². The summed E-state index contributed by atoms with van der Waals surface area (Å²) in [5, 5.41) is 33.3. The predicted molar refractivity (Wildman–Crippen MR) is 450 cm³/mol. The standard InChI is InChI=1S/C102H69N3/c1-5-58-34-88-82-40-63-18-9-10-19-64(63)49-94(82)103-95-52-69-31-29-65(38-75(69)43-83(95)89(35-58)100(88)103)66-30-32-70-53-96-84(44-76(70)39-66)90-45-77(59-15-7-6-8-16-59)46-91-87-55-81-71(21-13-22-72(81)54-99(87)105(96)101(90)91)33-57(4)62-26-28-68-51-98-86(42-74(68)37-62)93-48-78(80-24-14-20-60-17-11-12-23-79(60)80)47-92-85-41-73-36-61(56(2)3)25-27-67(73)50-97(85)104(98)102(92)93/h1,9-14,17-32,34-57,59H,6-8,15-16,33H2,2-4H3. The Balaban J connectivity index is 0.612. The van der Waals surface area contributed by atoms with Crippen LogP contribution >= 0.6 is 0 Å². The van der Waals surface area contributed by atoms with E-state index in [4.69, 9.17) is 6.42 Å². The molecule has 0 spiro atoms. The minimum Gasteiger partial charge on any atom is -0.308 e. The van der Waals surface area contributed by atoms with Gasteiger partial charge < -0.3 is 13.2 Å². The highest BCUT2D eigenvalue weighted by molar-refractivity contribution is 6.30. The number of hydrogen-bond acceptors (Lipinski definition) is 0. The Bertz CT molecular complexity index is 7840. The number of hydrogen-bond donors (Lipinski definition) is 0. The lowest BCUT2D eigenvalue weighted by molar-refractivity contribution is 0.444. The third-order valence-electron chi connectivity index (χ3n) is 25.5. The smallest absolute Gasteiger partial charge is 0.0621 e. The quantitative estimate of drug-likeness (QED) is 0.141. The molecular formula is C102H69N3. The van der Waals surface area contributed by atoms with E-state index in [0.717, 1.165) is 12.0 Å². The van der Waals surface area contributed by atoms with Crippen LogP contribution in [0.25, 0.3) is 212 Å². The van der Waals surface area contributed by atoms with Gasteiger partial charge in [-0.2, -0.15) is 0 Å². The number of benzene rings is 17. The minimum absolute atomic E-state index is 0.274. The van der Waals surface area contributed by atoms with E-state index in [9.17, 15) is 0 Å². The monoisotopic (exact) mass is 1340 g/mol. The van der Waals surface area contributed by atoms with Crippen molar-refractivity contribution in [3.63, 3.8) is 0 Å². The molecule has 24 rings (SSSR count). The van der Waals surface area contributed by atoms with Crippen molar-refractivity contribution in [2.24, 2.45) is 0 Å². The molecule has 0 bridgehead atoms. The molecule has 0 aliphatic heterocycles. The average Bonchev–Trinajstić information content (AvgIpc) is 1.55. The van der Waals surface area contributed by atoms with Crippen molar-refractivity contribution in [3.8, 4) is 34.6 Å². The molecule has 3 heteroatoms. The summed E-state index contributed by atoms with van der Waals surface area (Å²) < 4.78 is 7.68. The molecule has 6 heterocycles. The Morgan fingerprint density at radius 2 is 0.733 bits per heavy atom. The zero-order valence-corrected chi connectivity index (χ0v) is 58.8. The van der Waals surface area contributed by atoms with E-state index in [0.29, 0.717) is 11.8 Å². The molecule has 105 heavy (non-hydrogen) atoms. The van der Waals surface area contributed by atoms with Crippen molar-refractivity contribution in [1.29, 1.82) is 0 Å². The second-order valence-corrected chi connectivity index (χ2v) is 31.6. The molecule has 1 saturated carbocycles. The Morgan fingerprint density at radius 1 is 0.314 bits per heavy atom. The molecule has 1 aliphatic carbocycles. The summed E-state index contributed by atoms with van der Waals surface area (Å²) in [6.07, 6.45) is 13.6. The lowest BCUT2D eigenvalue weighted by Crippen LogP contribution is -2.04. The molecule has 0 saturated heterocycles. The second kappa shape index (κ2) is 21.1. The topological polar surface area (TPSA) is 13.2 Å². The van der Waals surface area contributed by atoms with Crippen LogP contribution in [0.15, 0.2) is 267 Å². The third kappa shape index (κ3) is 8.18. The fourth-order valence-corrected chi connectivity index (χ4v) is 20.2. The summed E-state index contributed by atoms with van der Waals surface area (Å²) in [7, 11) is 0. The fraction of sp³-hybridized carbons (Fsp3) is 0.118. The first-order chi connectivity index (χ1) is 51.6. The van der Waals surface area contributed by atoms with Gasteiger partial charge in [0, 0.05) is 70.2 Å². The molecule has 492 valence electrons. The van der Waals surface area contributed by atoms with Gasteiger partial charge in [0.05, 0.1) is 49.7 Å². The average molecular weight is 1340 g/mol. The Labute approximate surface area is 605 Å². The van der Waals surface area contributed by atoms with Gasteiger partial charge in [0.25, 0.3) is 0 Å². The highest BCUT2D eigenvalue weighted by Gasteiger charge is 2.27. The van der Waals surface area contributed by atoms with Crippen LogP contribution in [0.5, 0.6) is 0 Å². The van der Waals surface area contributed by atoms with Crippen LogP contribution in [-0.4, -0.2) is 13.2 Å². The molecule has 1 aliphatic rings. The zero-order valence-electron chi connectivity index (χ0n) is 58.8. The molecule has 6 aromatic heterocycles. The zero-order chi connectivity index (χ0) is 68.9. The number of terminal acetylenes is 1. The summed E-state index contributed by atoms with van der Waals surface area (Å²) in [5.74, 6) is 4.30. The molecule has 3 nitrogen and oxygen atoms in total. The van der Waals surface area contributed by atoms with Crippen LogP contribution in [0.3, 0.4) is 0 Å². The van der Waals surface area contributed by atoms with Crippen LogP contribution in [0, 0.1) is 12.3 Å². The molecule has 1 atom stereocenters. The van der Waals surface area contributed by atoms with E-state index in [1.165, 1.54) is 266 Å². The van der Waals surface area contributed by atoms with Gasteiger partial charge >= 0.3 is 0 Å². The van der Waals surface area contributed by atoms with E-state index in [1.54, 1.807) is 0 Å². The fourth-order valence-electron chi connectivity index (χ4n) is 20.2. The van der Waals surface area contributed by atoms with Gasteiger partial charge in [-0.3, -0.25) is 0 Å². The van der Waals surface area contributed by atoms with Gasteiger partial charge in [-0.05, 0) is 278 Å². The van der Waals surface area contributed by atoms with Gasteiger partial charge in [-0.25, -0.2) is 0 Å². The lowest BCUT2D eigenvalue weighted by Gasteiger charge is -2.22. The first-order valence-corrected chi connectivity index (χ1v) is 38.0. The van der Waals surface area contributed by atoms with E-state index in [-0.39, 0.29) is 5.92 Å².